The van der Waals surface area contributed by atoms with Gasteiger partial charge < -0.3 is 9.47 Å². The summed E-state index contributed by atoms with van der Waals surface area (Å²) in [6.07, 6.45) is 0. The van der Waals surface area contributed by atoms with E-state index in [1.807, 2.05) is 19.1 Å². The summed E-state index contributed by atoms with van der Waals surface area (Å²) < 4.78 is 27.7. The maximum Gasteiger partial charge on any atom is 0.220 e. The molecule has 0 aliphatic carbocycles. The maximum absolute atomic E-state index is 13.5. The summed E-state index contributed by atoms with van der Waals surface area (Å²) >= 11 is 10.7. The molecule has 0 aliphatic heterocycles. The van der Waals surface area contributed by atoms with Gasteiger partial charge in [0.25, 0.3) is 0 Å². The van der Waals surface area contributed by atoms with E-state index >= 15 is 0 Å². The standard InChI is InChI=1S/C26H23BrClFN4O4S/c1-3-36-23-13-18(12-22(27)25(23)37-15-17-4-6-19(28)7-5-17)24(14-32(34)35)38-26-31-30-16(2)33(26)21-10-8-20(29)9-11-21/h4-13,24H,3,14-15H2,1-2H3/t24-/m0/s1. The van der Waals surface area contributed by atoms with E-state index in [0.717, 1.165) is 5.56 Å². The van der Waals surface area contributed by atoms with Crippen LogP contribution in [-0.4, -0.2) is 32.8 Å². The van der Waals surface area contributed by atoms with E-state index in [9.17, 15) is 14.5 Å². The van der Waals surface area contributed by atoms with Gasteiger partial charge in [-0.2, -0.15) is 0 Å². The van der Waals surface area contributed by atoms with Crippen molar-refractivity contribution >= 4 is 39.3 Å². The molecule has 1 atom stereocenters. The Labute approximate surface area is 236 Å². The lowest BCUT2D eigenvalue weighted by molar-refractivity contribution is -0.479. The molecular weight excluding hydrogens is 599 g/mol. The Hall–Kier alpha value is -3.15. The van der Waals surface area contributed by atoms with Crippen LogP contribution < -0.4 is 9.47 Å². The lowest BCUT2D eigenvalue weighted by Gasteiger charge is -2.19. The largest absolute Gasteiger partial charge is 0.490 e. The van der Waals surface area contributed by atoms with Gasteiger partial charge in [-0.1, -0.05) is 35.5 Å². The van der Waals surface area contributed by atoms with Crippen molar-refractivity contribution in [1.29, 1.82) is 0 Å². The van der Waals surface area contributed by atoms with Gasteiger partial charge in [-0.05, 0) is 89.4 Å². The average molecular weight is 622 g/mol. The normalized spacial score (nSPS) is 11.8. The first-order chi connectivity index (χ1) is 18.2. The highest BCUT2D eigenvalue weighted by Gasteiger charge is 2.26. The zero-order valence-electron chi connectivity index (χ0n) is 20.4. The first kappa shape index (κ1) is 27.9. The Kier molecular flexibility index (Phi) is 9.24. The fourth-order valence-corrected chi connectivity index (χ4v) is 5.55. The average Bonchev–Trinajstić information content (AvgIpc) is 3.24. The quantitative estimate of drug-likeness (QED) is 0.0992. The molecule has 8 nitrogen and oxygen atoms in total. The summed E-state index contributed by atoms with van der Waals surface area (Å²) in [5, 5.41) is 20.5. The molecule has 0 fully saturated rings. The van der Waals surface area contributed by atoms with Crippen LogP contribution in [0.1, 0.15) is 29.1 Å². The van der Waals surface area contributed by atoms with Crippen molar-refractivity contribution in [3.05, 3.63) is 103 Å². The van der Waals surface area contributed by atoms with Crippen LogP contribution in [0.25, 0.3) is 5.69 Å². The van der Waals surface area contributed by atoms with Gasteiger partial charge in [0.15, 0.2) is 16.7 Å². The zero-order chi connectivity index (χ0) is 27.2. The second-order valence-electron chi connectivity index (χ2n) is 8.14. The number of ether oxygens (including phenoxy) is 2. The second-order valence-corrected chi connectivity index (χ2v) is 10.6. The van der Waals surface area contributed by atoms with Gasteiger partial charge >= 0.3 is 0 Å². The van der Waals surface area contributed by atoms with Crippen molar-refractivity contribution in [1.82, 2.24) is 14.8 Å². The van der Waals surface area contributed by atoms with E-state index in [1.165, 1.54) is 23.9 Å². The molecule has 0 amide bonds. The molecule has 4 aromatic rings. The highest BCUT2D eigenvalue weighted by molar-refractivity contribution is 9.10. The number of thioether (sulfide) groups is 1. The summed E-state index contributed by atoms with van der Waals surface area (Å²) in [4.78, 5) is 11.3. The van der Waals surface area contributed by atoms with E-state index in [-0.39, 0.29) is 23.9 Å². The van der Waals surface area contributed by atoms with Crippen LogP contribution in [0.4, 0.5) is 4.39 Å². The van der Waals surface area contributed by atoms with Gasteiger partial charge in [-0.15, -0.1) is 10.2 Å². The maximum atomic E-state index is 13.5. The molecule has 0 radical (unpaired) electrons. The van der Waals surface area contributed by atoms with Gasteiger partial charge in [0.2, 0.25) is 6.54 Å². The SMILES string of the molecule is CCOc1cc([C@H](C[N+](=O)[O-])Sc2nnc(C)n2-c2ccc(F)cc2)cc(Br)c1OCc1ccc(Cl)cc1. The summed E-state index contributed by atoms with van der Waals surface area (Å²) in [6, 6.07) is 16.7. The van der Waals surface area contributed by atoms with Crippen LogP contribution in [0.15, 0.2) is 70.3 Å². The van der Waals surface area contributed by atoms with Gasteiger partial charge in [-0.25, -0.2) is 4.39 Å². The summed E-state index contributed by atoms with van der Waals surface area (Å²) in [5.74, 6) is 1.14. The monoisotopic (exact) mass is 620 g/mol. The molecule has 0 aliphatic rings. The van der Waals surface area contributed by atoms with Gasteiger partial charge in [0.05, 0.1) is 11.1 Å². The van der Waals surface area contributed by atoms with Crippen molar-refractivity contribution < 1.29 is 18.8 Å². The summed E-state index contributed by atoms with van der Waals surface area (Å²) in [7, 11) is 0. The molecule has 0 saturated heterocycles. The van der Waals surface area contributed by atoms with Gasteiger partial charge in [-0.3, -0.25) is 14.7 Å². The van der Waals surface area contributed by atoms with Crippen LogP contribution in [0.5, 0.6) is 11.5 Å². The highest BCUT2D eigenvalue weighted by Crippen LogP contribution is 2.43. The van der Waals surface area contributed by atoms with Crippen LogP contribution >= 0.6 is 39.3 Å². The minimum atomic E-state index is -0.631. The van der Waals surface area contributed by atoms with E-state index < -0.39 is 5.25 Å². The minimum absolute atomic E-state index is 0.280. The van der Waals surface area contributed by atoms with Crippen LogP contribution in [-0.2, 0) is 6.61 Å². The van der Waals surface area contributed by atoms with Crippen molar-refractivity contribution in [2.45, 2.75) is 30.9 Å². The van der Waals surface area contributed by atoms with Crippen molar-refractivity contribution in [3.8, 4) is 17.2 Å². The molecule has 0 spiro atoms. The van der Waals surface area contributed by atoms with Crippen molar-refractivity contribution in [2.24, 2.45) is 0 Å². The fourth-order valence-electron chi connectivity index (χ4n) is 3.69. The van der Waals surface area contributed by atoms with E-state index in [4.69, 9.17) is 21.1 Å². The van der Waals surface area contributed by atoms with Gasteiger partial charge in [0.1, 0.15) is 23.5 Å². The Bertz CT molecular complexity index is 1420. The third-order valence-corrected chi connectivity index (χ3v) is 7.46. The molecule has 1 heterocycles. The molecule has 0 unspecified atom stereocenters. The molecule has 38 heavy (non-hydrogen) atoms. The summed E-state index contributed by atoms with van der Waals surface area (Å²) in [5.41, 5.74) is 2.22. The minimum Gasteiger partial charge on any atom is -0.490 e. The Morgan fingerprint density at radius 2 is 1.84 bits per heavy atom. The van der Waals surface area contributed by atoms with Crippen molar-refractivity contribution in [3.63, 3.8) is 0 Å². The number of aryl methyl sites for hydroxylation is 1. The van der Waals surface area contributed by atoms with Crippen LogP contribution in [0, 0.1) is 22.9 Å². The number of hydrogen-bond donors (Lipinski definition) is 0. The van der Waals surface area contributed by atoms with Crippen LogP contribution in [0.2, 0.25) is 5.02 Å². The molecule has 0 N–H and O–H groups in total. The van der Waals surface area contributed by atoms with E-state index in [2.05, 4.69) is 26.1 Å². The number of nitro groups is 1. The summed E-state index contributed by atoms with van der Waals surface area (Å²) in [6.45, 7) is 3.89. The Balaban J connectivity index is 1.66. The number of halogens is 3. The molecule has 4 rings (SSSR count). The second kappa shape index (κ2) is 12.6. The lowest BCUT2D eigenvalue weighted by atomic mass is 10.1. The Morgan fingerprint density at radius 1 is 1.13 bits per heavy atom. The predicted molar refractivity (Wildman–Crippen MR) is 148 cm³/mol. The molecule has 12 heteroatoms. The zero-order valence-corrected chi connectivity index (χ0v) is 23.6. The topological polar surface area (TPSA) is 92.3 Å². The van der Waals surface area contributed by atoms with Crippen molar-refractivity contribution in [2.75, 3.05) is 13.2 Å². The number of rotatable bonds is 11. The number of hydrogen-bond acceptors (Lipinski definition) is 7. The smallest absolute Gasteiger partial charge is 0.220 e. The predicted octanol–water partition coefficient (Wildman–Crippen LogP) is 7.22. The fraction of sp³-hybridized carbons (Fsp3) is 0.231. The molecule has 1 aromatic heterocycles. The van der Waals surface area contributed by atoms with E-state index in [1.54, 1.807) is 47.9 Å². The number of nitrogens with zero attached hydrogens (tertiary/aromatic N) is 4. The molecule has 0 saturated carbocycles. The lowest BCUT2D eigenvalue weighted by Crippen LogP contribution is -2.12. The highest BCUT2D eigenvalue weighted by atomic mass is 79.9. The third kappa shape index (κ3) is 6.83. The number of aromatic nitrogens is 3. The van der Waals surface area contributed by atoms with Crippen LogP contribution in [0.3, 0.4) is 0 Å². The molecule has 198 valence electrons. The molecule has 0 bridgehead atoms. The Morgan fingerprint density at radius 3 is 2.50 bits per heavy atom. The van der Waals surface area contributed by atoms with E-state index in [0.29, 0.717) is 49.8 Å². The molecular formula is C26H23BrClFN4O4S. The third-order valence-electron chi connectivity index (χ3n) is 5.44. The first-order valence-corrected chi connectivity index (χ1v) is 13.6. The molecule has 3 aromatic carbocycles. The first-order valence-electron chi connectivity index (χ1n) is 11.5. The number of benzene rings is 3. The van der Waals surface area contributed by atoms with Gasteiger partial charge in [0, 0.05) is 15.6 Å².